The molecule has 0 heterocycles. The zero-order valence-electron chi connectivity index (χ0n) is 6.49. The van der Waals surface area contributed by atoms with Gasteiger partial charge in [-0.15, -0.1) is 12.4 Å². The summed E-state index contributed by atoms with van der Waals surface area (Å²) in [7, 11) is 0. The van der Waals surface area contributed by atoms with Gasteiger partial charge in [0.1, 0.15) is 0 Å². The number of nitrogens with two attached hydrogens (primary N) is 1. The highest BCUT2D eigenvalue weighted by Gasteiger charge is 2.66. The molecule has 1 atom stereocenters. The van der Waals surface area contributed by atoms with Crippen LogP contribution in [0.2, 0.25) is 0 Å². The van der Waals surface area contributed by atoms with Crippen LogP contribution in [0.25, 0.3) is 0 Å². The van der Waals surface area contributed by atoms with Gasteiger partial charge in [0.15, 0.2) is 6.17 Å². The maximum atomic E-state index is 12.2. The van der Waals surface area contributed by atoms with Crippen molar-refractivity contribution < 1.29 is 30.7 Å². The minimum atomic E-state index is -5.70. The van der Waals surface area contributed by atoms with Gasteiger partial charge in [0.25, 0.3) is 0 Å². The number of halogens is 8. The lowest BCUT2D eigenvalue weighted by atomic mass is 10.1. The predicted molar refractivity (Wildman–Crippen MR) is 37.1 cm³/mol. The van der Waals surface area contributed by atoms with E-state index in [1.165, 1.54) is 0 Å². The molecule has 1 unspecified atom stereocenters. The van der Waals surface area contributed by atoms with Crippen LogP contribution in [0.4, 0.5) is 30.7 Å². The van der Waals surface area contributed by atoms with Crippen LogP contribution in [-0.2, 0) is 0 Å². The van der Waals surface area contributed by atoms with Gasteiger partial charge in [0, 0.05) is 6.54 Å². The molecular weight excluding hydrogens is 243 g/mol. The fraction of sp³-hybridized carbons (Fsp3) is 1.00. The summed E-state index contributed by atoms with van der Waals surface area (Å²) in [6.45, 7) is -1.45. The summed E-state index contributed by atoms with van der Waals surface area (Å²) in [5.41, 5.74) is 4.32. The highest BCUT2D eigenvalue weighted by Crippen LogP contribution is 2.42. The Balaban J connectivity index is 0. The molecule has 0 fully saturated rings. The second-order valence-electron chi connectivity index (χ2n) is 2.25. The largest absolute Gasteiger partial charge is 0.372 e. The van der Waals surface area contributed by atoms with Crippen LogP contribution in [0.3, 0.4) is 0 Å². The number of alkyl halides is 7. The number of hydrogen-bond donors (Lipinski definition) is 1. The third kappa shape index (κ3) is 2.63. The van der Waals surface area contributed by atoms with Crippen molar-refractivity contribution in [3.05, 3.63) is 0 Å². The number of rotatable bonds is 4. The zero-order valence-corrected chi connectivity index (χ0v) is 7.31. The standard InChI is InChI=1S/C5H6F7N.ClH/c6-2(1-13)4(9,10)5(11,12)3(7)8;/h2-3H,1,13H2;1H. The molecule has 14 heavy (non-hydrogen) atoms. The van der Waals surface area contributed by atoms with Gasteiger partial charge < -0.3 is 5.73 Å². The smallest absolute Gasteiger partial charge is 0.328 e. The topological polar surface area (TPSA) is 26.0 Å². The Kier molecular flexibility index (Phi) is 5.80. The molecule has 0 aliphatic heterocycles. The molecule has 0 radical (unpaired) electrons. The maximum absolute atomic E-state index is 12.2. The highest BCUT2D eigenvalue weighted by molar-refractivity contribution is 5.85. The second-order valence-corrected chi connectivity index (χ2v) is 2.25. The van der Waals surface area contributed by atoms with Crippen molar-refractivity contribution in [1.82, 2.24) is 0 Å². The molecule has 0 saturated carbocycles. The molecule has 88 valence electrons. The normalized spacial score (nSPS) is 15.2. The Morgan fingerprint density at radius 2 is 1.29 bits per heavy atom. The van der Waals surface area contributed by atoms with Gasteiger partial charge in [0.2, 0.25) is 0 Å². The van der Waals surface area contributed by atoms with E-state index in [0.717, 1.165) is 0 Å². The van der Waals surface area contributed by atoms with Crippen LogP contribution in [-0.4, -0.2) is 31.0 Å². The van der Waals surface area contributed by atoms with Crippen LogP contribution in [0.1, 0.15) is 0 Å². The van der Waals surface area contributed by atoms with Crippen molar-refractivity contribution in [2.24, 2.45) is 5.73 Å². The molecule has 0 spiro atoms. The van der Waals surface area contributed by atoms with E-state index in [1.54, 1.807) is 0 Å². The quantitative estimate of drug-likeness (QED) is 0.760. The molecule has 2 N–H and O–H groups in total. The zero-order chi connectivity index (χ0) is 10.9. The van der Waals surface area contributed by atoms with Crippen molar-refractivity contribution in [3.8, 4) is 0 Å². The average Bonchev–Trinajstić information content (AvgIpc) is 2.02. The Bertz CT molecular complexity index is 173. The van der Waals surface area contributed by atoms with Crippen molar-refractivity contribution >= 4 is 12.4 Å². The fourth-order valence-corrected chi connectivity index (χ4v) is 0.502. The molecule has 0 aliphatic carbocycles. The molecule has 0 aromatic carbocycles. The van der Waals surface area contributed by atoms with E-state index < -0.39 is 31.0 Å². The van der Waals surface area contributed by atoms with Gasteiger partial charge in [-0.2, -0.15) is 17.6 Å². The Morgan fingerprint density at radius 3 is 1.50 bits per heavy atom. The summed E-state index contributed by atoms with van der Waals surface area (Å²) >= 11 is 0. The van der Waals surface area contributed by atoms with Gasteiger partial charge in [-0.3, -0.25) is 0 Å². The fourth-order valence-electron chi connectivity index (χ4n) is 0.502. The first kappa shape index (κ1) is 16.2. The molecular formula is C5H7ClF7N. The minimum Gasteiger partial charge on any atom is -0.328 e. The number of hydrogen-bond acceptors (Lipinski definition) is 1. The summed E-state index contributed by atoms with van der Waals surface area (Å²) < 4.78 is 83.1. The molecule has 0 amide bonds. The van der Waals surface area contributed by atoms with Gasteiger partial charge in [-0.05, 0) is 0 Å². The molecule has 0 aromatic heterocycles. The first-order valence-corrected chi connectivity index (χ1v) is 3.05. The molecule has 0 bridgehead atoms. The van der Waals surface area contributed by atoms with Crippen molar-refractivity contribution in [3.63, 3.8) is 0 Å². The summed E-state index contributed by atoms with van der Waals surface area (Å²) in [5.74, 6) is -11.2. The molecule has 0 saturated heterocycles. The minimum absolute atomic E-state index is 0. The summed E-state index contributed by atoms with van der Waals surface area (Å²) in [6.07, 6.45) is -8.12. The van der Waals surface area contributed by atoms with Gasteiger partial charge >= 0.3 is 18.3 Å². The van der Waals surface area contributed by atoms with Crippen LogP contribution >= 0.6 is 12.4 Å². The predicted octanol–water partition coefficient (Wildman–Crippen LogP) is 2.24. The van der Waals surface area contributed by atoms with E-state index in [1.807, 2.05) is 0 Å². The first-order chi connectivity index (χ1) is 5.67. The van der Waals surface area contributed by atoms with E-state index in [2.05, 4.69) is 5.73 Å². The third-order valence-corrected chi connectivity index (χ3v) is 1.32. The van der Waals surface area contributed by atoms with Crippen molar-refractivity contribution in [2.45, 2.75) is 24.4 Å². The van der Waals surface area contributed by atoms with Crippen LogP contribution in [0.15, 0.2) is 0 Å². The lowest BCUT2D eigenvalue weighted by molar-refractivity contribution is -0.283. The molecule has 0 aliphatic rings. The second kappa shape index (κ2) is 5.01. The van der Waals surface area contributed by atoms with Crippen molar-refractivity contribution in [2.75, 3.05) is 6.54 Å². The molecule has 1 nitrogen and oxygen atoms in total. The highest BCUT2D eigenvalue weighted by atomic mass is 35.5. The summed E-state index contributed by atoms with van der Waals surface area (Å²) in [6, 6.07) is 0. The first-order valence-electron chi connectivity index (χ1n) is 3.05. The van der Waals surface area contributed by atoms with Crippen LogP contribution < -0.4 is 5.73 Å². The maximum Gasteiger partial charge on any atom is 0.372 e. The SMILES string of the molecule is Cl.NCC(F)C(F)(F)C(F)(F)C(F)F. The van der Waals surface area contributed by atoms with Gasteiger partial charge in [0.05, 0.1) is 0 Å². The van der Waals surface area contributed by atoms with E-state index in [4.69, 9.17) is 0 Å². The molecule has 9 heteroatoms. The summed E-state index contributed by atoms with van der Waals surface area (Å²) in [4.78, 5) is 0. The van der Waals surface area contributed by atoms with E-state index in [-0.39, 0.29) is 12.4 Å². The average molecular weight is 250 g/mol. The Morgan fingerprint density at radius 1 is 0.929 bits per heavy atom. The molecule has 0 aromatic rings. The molecule has 0 rings (SSSR count). The van der Waals surface area contributed by atoms with E-state index >= 15 is 0 Å². The van der Waals surface area contributed by atoms with Crippen molar-refractivity contribution in [1.29, 1.82) is 0 Å². The van der Waals surface area contributed by atoms with Crippen LogP contribution in [0, 0.1) is 0 Å². The van der Waals surface area contributed by atoms with E-state index in [0.29, 0.717) is 0 Å². The lowest BCUT2D eigenvalue weighted by Crippen LogP contribution is -2.54. The van der Waals surface area contributed by atoms with Gasteiger partial charge in [-0.25, -0.2) is 13.2 Å². The Hall–Kier alpha value is -0.240. The summed E-state index contributed by atoms with van der Waals surface area (Å²) in [5, 5.41) is 0. The lowest BCUT2D eigenvalue weighted by Gasteiger charge is -2.27. The third-order valence-electron chi connectivity index (χ3n) is 1.32. The monoisotopic (exact) mass is 249 g/mol. The van der Waals surface area contributed by atoms with Gasteiger partial charge in [-0.1, -0.05) is 0 Å². The van der Waals surface area contributed by atoms with E-state index in [9.17, 15) is 30.7 Å². The Labute approximate surface area is 80.9 Å². The van der Waals surface area contributed by atoms with Crippen LogP contribution in [0.5, 0.6) is 0 Å².